The summed E-state index contributed by atoms with van der Waals surface area (Å²) in [7, 11) is 0. The second kappa shape index (κ2) is 6.70. The molecular weight excluding hydrogens is 256 g/mol. The molecule has 2 rings (SSSR count). The van der Waals surface area contributed by atoms with Crippen LogP contribution in [-0.4, -0.2) is 41.3 Å². The van der Waals surface area contributed by atoms with Crippen molar-refractivity contribution in [3.05, 3.63) is 5.28 Å². The zero-order valence-corrected chi connectivity index (χ0v) is 11.1. The lowest BCUT2D eigenvalue weighted by molar-refractivity contribution is 0.0699. The lowest BCUT2D eigenvalue weighted by Crippen LogP contribution is -2.23. The molecular formula is C11H17ClN4O2. The first-order chi connectivity index (χ1) is 8.78. The second-order valence-electron chi connectivity index (χ2n) is 4.08. The van der Waals surface area contributed by atoms with Crippen LogP contribution in [0.5, 0.6) is 6.01 Å². The van der Waals surface area contributed by atoms with Gasteiger partial charge in [0.15, 0.2) is 0 Å². The topological polar surface area (TPSA) is 69.2 Å². The third-order valence-corrected chi connectivity index (χ3v) is 2.92. The molecule has 0 aliphatic carbocycles. The van der Waals surface area contributed by atoms with E-state index in [1.165, 1.54) is 0 Å². The van der Waals surface area contributed by atoms with Crippen molar-refractivity contribution in [2.24, 2.45) is 5.92 Å². The highest BCUT2D eigenvalue weighted by molar-refractivity contribution is 6.28. The Labute approximate surface area is 111 Å². The lowest BCUT2D eigenvalue weighted by atomic mass is 10.0. The molecule has 1 aromatic heterocycles. The van der Waals surface area contributed by atoms with Crippen molar-refractivity contribution >= 4 is 17.5 Å². The molecule has 1 aromatic rings. The standard InChI is InChI=1S/C11H17ClN4O2/c1-2-18-11-15-9(12)14-10(16-11)13-7-8-3-5-17-6-4-8/h8H,2-7H2,1H3,(H,13,14,15,16). The highest BCUT2D eigenvalue weighted by Crippen LogP contribution is 2.16. The van der Waals surface area contributed by atoms with Gasteiger partial charge in [-0.15, -0.1) is 0 Å². The van der Waals surface area contributed by atoms with Crippen LogP contribution >= 0.6 is 11.6 Å². The summed E-state index contributed by atoms with van der Waals surface area (Å²) in [5, 5.41) is 3.31. The average Bonchev–Trinajstić information content (AvgIpc) is 2.37. The van der Waals surface area contributed by atoms with Gasteiger partial charge in [0.1, 0.15) is 0 Å². The van der Waals surface area contributed by atoms with E-state index in [0.29, 0.717) is 18.5 Å². The van der Waals surface area contributed by atoms with E-state index in [-0.39, 0.29) is 11.3 Å². The molecule has 0 unspecified atom stereocenters. The van der Waals surface area contributed by atoms with Crippen LogP contribution in [0.25, 0.3) is 0 Å². The largest absolute Gasteiger partial charge is 0.464 e. The first-order valence-electron chi connectivity index (χ1n) is 6.14. The molecule has 0 saturated carbocycles. The maximum atomic E-state index is 5.81. The summed E-state index contributed by atoms with van der Waals surface area (Å²) in [4.78, 5) is 12.0. The molecule has 0 bridgehead atoms. The van der Waals surface area contributed by atoms with E-state index < -0.39 is 0 Å². The van der Waals surface area contributed by atoms with Gasteiger partial charge < -0.3 is 14.8 Å². The lowest BCUT2D eigenvalue weighted by Gasteiger charge is -2.22. The molecule has 1 saturated heterocycles. The van der Waals surface area contributed by atoms with E-state index in [1.807, 2.05) is 6.92 Å². The average molecular weight is 273 g/mol. The molecule has 100 valence electrons. The Morgan fingerprint density at radius 2 is 2.11 bits per heavy atom. The van der Waals surface area contributed by atoms with E-state index in [2.05, 4.69) is 20.3 Å². The summed E-state index contributed by atoms with van der Waals surface area (Å²) in [5.41, 5.74) is 0. The van der Waals surface area contributed by atoms with Gasteiger partial charge >= 0.3 is 6.01 Å². The Kier molecular flexibility index (Phi) is 4.95. The Bertz CT molecular complexity index is 385. The van der Waals surface area contributed by atoms with Crippen molar-refractivity contribution in [3.63, 3.8) is 0 Å². The summed E-state index contributed by atoms with van der Waals surface area (Å²) in [6.45, 7) is 4.84. The van der Waals surface area contributed by atoms with Gasteiger partial charge in [0.2, 0.25) is 11.2 Å². The summed E-state index contributed by atoms with van der Waals surface area (Å²) in [5.74, 6) is 1.05. The minimum atomic E-state index is 0.142. The molecule has 0 atom stereocenters. The normalized spacial score (nSPS) is 16.6. The molecule has 1 aliphatic heterocycles. The summed E-state index contributed by atoms with van der Waals surface area (Å²) in [6.07, 6.45) is 2.12. The quantitative estimate of drug-likeness (QED) is 0.881. The first kappa shape index (κ1) is 13.3. The van der Waals surface area contributed by atoms with E-state index in [9.17, 15) is 0 Å². The molecule has 1 N–H and O–H groups in total. The molecule has 0 aromatic carbocycles. The molecule has 0 spiro atoms. The highest BCUT2D eigenvalue weighted by atomic mass is 35.5. The van der Waals surface area contributed by atoms with Crippen molar-refractivity contribution in [2.75, 3.05) is 31.7 Å². The minimum absolute atomic E-state index is 0.142. The zero-order valence-electron chi connectivity index (χ0n) is 10.4. The van der Waals surface area contributed by atoms with Crippen LogP contribution in [0.2, 0.25) is 5.28 Å². The molecule has 6 nitrogen and oxygen atoms in total. The second-order valence-corrected chi connectivity index (χ2v) is 4.42. The van der Waals surface area contributed by atoms with Gasteiger partial charge in [-0.3, -0.25) is 0 Å². The number of nitrogens with one attached hydrogen (secondary N) is 1. The molecule has 18 heavy (non-hydrogen) atoms. The number of hydrogen-bond acceptors (Lipinski definition) is 6. The molecule has 1 aliphatic rings. The van der Waals surface area contributed by atoms with Gasteiger partial charge in [-0.05, 0) is 37.3 Å². The fourth-order valence-corrected chi connectivity index (χ4v) is 1.94. The minimum Gasteiger partial charge on any atom is -0.464 e. The third-order valence-electron chi connectivity index (χ3n) is 2.75. The van der Waals surface area contributed by atoms with Crippen LogP contribution in [0.15, 0.2) is 0 Å². The molecule has 2 heterocycles. The predicted octanol–water partition coefficient (Wildman–Crippen LogP) is 1.76. The van der Waals surface area contributed by atoms with Gasteiger partial charge in [-0.2, -0.15) is 15.0 Å². The van der Waals surface area contributed by atoms with Crippen LogP contribution in [-0.2, 0) is 4.74 Å². The zero-order chi connectivity index (χ0) is 12.8. The van der Waals surface area contributed by atoms with Gasteiger partial charge in [0.25, 0.3) is 0 Å². The number of ether oxygens (including phenoxy) is 2. The summed E-state index contributed by atoms with van der Waals surface area (Å²) in [6, 6.07) is 0.256. The Hall–Kier alpha value is -1.14. The Morgan fingerprint density at radius 1 is 1.33 bits per heavy atom. The van der Waals surface area contributed by atoms with Crippen molar-refractivity contribution in [1.29, 1.82) is 0 Å². The predicted molar refractivity (Wildman–Crippen MR) is 68.0 cm³/mol. The van der Waals surface area contributed by atoms with Crippen LogP contribution in [0.3, 0.4) is 0 Å². The number of rotatable bonds is 5. The SMILES string of the molecule is CCOc1nc(Cl)nc(NCC2CCOCC2)n1. The maximum absolute atomic E-state index is 5.81. The number of halogens is 1. The molecule has 1 fully saturated rings. The number of aromatic nitrogens is 3. The summed E-state index contributed by atoms with van der Waals surface area (Å²) >= 11 is 5.81. The number of nitrogens with zero attached hydrogens (tertiary/aromatic N) is 3. The highest BCUT2D eigenvalue weighted by Gasteiger charge is 2.14. The van der Waals surface area contributed by atoms with Gasteiger partial charge in [0, 0.05) is 19.8 Å². The first-order valence-corrected chi connectivity index (χ1v) is 6.51. The van der Waals surface area contributed by atoms with Crippen molar-refractivity contribution in [1.82, 2.24) is 15.0 Å². The van der Waals surface area contributed by atoms with Crippen LogP contribution < -0.4 is 10.1 Å². The van der Waals surface area contributed by atoms with Gasteiger partial charge in [-0.25, -0.2) is 0 Å². The maximum Gasteiger partial charge on any atom is 0.322 e. The van der Waals surface area contributed by atoms with Crippen LogP contribution in [0, 0.1) is 5.92 Å². The Balaban J connectivity index is 1.91. The molecule has 0 amide bonds. The number of hydrogen-bond donors (Lipinski definition) is 1. The third kappa shape index (κ3) is 3.96. The van der Waals surface area contributed by atoms with Crippen molar-refractivity contribution in [2.45, 2.75) is 19.8 Å². The smallest absolute Gasteiger partial charge is 0.322 e. The molecule has 7 heteroatoms. The van der Waals surface area contributed by atoms with E-state index in [4.69, 9.17) is 21.1 Å². The van der Waals surface area contributed by atoms with Crippen molar-refractivity contribution < 1.29 is 9.47 Å². The fraction of sp³-hybridized carbons (Fsp3) is 0.727. The summed E-state index contributed by atoms with van der Waals surface area (Å²) < 4.78 is 10.5. The van der Waals surface area contributed by atoms with Crippen LogP contribution in [0.4, 0.5) is 5.95 Å². The van der Waals surface area contributed by atoms with E-state index in [0.717, 1.165) is 32.6 Å². The fourth-order valence-electron chi connectivity index (χ4n) is 1.79. The monoisotopic (exact) mass is 272 g/mol. The van der Waals surface area contributed by atoms with Crippen molar-refractivity contribution in [3.8, 4) is 6.01 Å². The van der Waals surface area contributed by atoms with E-state index in [1.54, 1.807) is 0 Å². The van der Waals surface area contributed by atoms with Gasteiger partial charge in [-0.1, -0.05) is 0 Å². The van der Waals surface area contributed by atoms with E-state index >= 15 is 0 Å². The van der Waals surface area contributed by atoms with Gasteiger partial charge in [0.05, 0.1) is 6.61 Å². The van der Waals surface area contributed by atoms with Crippen LogP contribution in [0.1, 0.15) is 19.8 Å². The molecule has 0 radical (unpaired) electrons. The Morgan fingerprint density at radius 3 is 2.83 bits per heavy atom. The number of anilines is 1.